The zero-order valence-corrected chi connectivity index (χ0v) is 17.7. The highest BCUT2D eigenvalue weighted by Gasteiger charge is 2.32. The highest BCUT2D eigenvalue weighted by molar-refractivity contribution is 5.92. The maximum atomic E-state index is 13.0. The van der Waals surface area contributed by atoms with Crippen molar-refractivity contribution >= 4 is 17.5 Å². The lowest BCUT2D eigenvalue weighted by Crippen LogP contribution is -2.56. The summed E-state index contributed by atoms with van der Waals surface area (Å²) in [5.41, 5.74) is 0.597. The van der Waals surface area contributed by atoms with E-state index in [-0.39, 0.29) is 23.7 Å². The van der Waals surface area contributed by atoms with Crippen LogP contribution in [0.2, 0.25) is 0 Å². The summed E-state index contributed by atoms with van der Waals surface area (Å²) in [5.74, 6) is 0.922. The Hall–Kier alpha value is -1.99. The van der Waals surface area contributed by atoms with Gasteiger partial charge in [0.25, 0.3) is 0 Å². The average molecular weight is 405 g/mol. The van der Waals surface area contributed by atoms with E-state index in [0.717, 1.165) is 39.3 Å². The van der Waals surface area contributed by atoms with Crippen LogP contribution in [-0.2, 0) is 9.59 Å². The smallest absolute Gasteiger partial charge is 0.239 e. The van der Waals surface area contributed by atoms with Gasteiger partial charge in [0.2, 0.25) is 11.8 Å². The molecule has 29 heavy (non-hydrogen) atoms. The van der Waals surface area contributed by atoms with Crippen molar-refractivity contribution in [1.82, 2.24) is 14.7 Å². The van der Waals surface area contributed by atoms with Crippen molar-refractivity contribution in [1.29, 1.82) is 0 Å². The van der Waals surface area contributed by atoms with Crippen LogP contribution >= 0.6 is 0 Å². The highest BCUT2D eigenvalue weighted by atomic mass is 19.1. The normalized spacial score (nSPS) is 24.9. The lowest BCUT2D eigenvalue weighted by Gasteiger charge is -2.41. The number of piperazine rings is 1. The Balaban J connectivity index is 1.44. The van der Waals surface area contributed by atoms with E-state index >= 15 is 0 Å². The van der Waals surface area contributed by atoms with Crippen LogP contribution in [0.25, 0.3) is 0 Å². The van der Waals surface area contributed by atoms with Gasteiger partial charge in [-0.2, -0.15) is 0 Å². The topological polar surface area (TPSA) is 55.9 Å². The maximum Gasteiger partial charge on any atom is 0.239 e. The molecule has 6 nitrogen and oxygen atoms in total. The third-order valence-electron chi connectivity index (χ3n) is 5.99. The number of hydrogen-bond acceptors (Lipinski definition) is 4. The van der Waals surface area contributed by atoms with Crippen molar-refractivity contribution in [2.45, 2.75) is 33.2 Å². The molecule has 2 saturated heterocycles. The van der Waals surface area contributed by atoms with Gasteiger partial charge in [0, 0.05) is 45.0 Å². The molecule has 2 amide bonds. The zero-order chi connectivity index (χ0) is 21.0. The molecule has 0 bridgehead atoms. The number of anilines is 1. The Labute approximate surface area is 173 Å². The highest BCUT2D eigenvalue weighted by Crippen LogP contribution is 2.22. The van der Waals surface area contributed by atoms with Gasteiger partial charge in [-0.1, -0.05) is 13.8 Å². The minimum Gasteiger partial charge on any atom is -0.341 e. The summed E-state index contributed by atoms with van der Waals surface area (Å²) in [5, 5.41) is 2.80. The monoisotopic (exact) mass is 404 g/mol. The molecule has 160 valence electrons. The van der Waals surface area contributed by atoms with E-state index in [9.17, 15) is 14.0 Å². The summed E-state index contributed by atoms with van der Waals surface area (Å²) in [7, 11) is 0. The molecular formula is C22H33FN4O2. The third-order valence-corrected chi connectivity index (χ3v) is 5.99. The predicted molar refractivity (Wildman–Crippen MR) is 112 cm³/mol. The molecule has 2 aliphatic heterocycles. The van der Waals surface area contributed by atoms with Gasteiger partial charge < -0.3 is 10.2 Å². The van der Waals surface area contributed by atoms with Gasteiger partial charge in [0.05, 0.1) is 12.6 Å². The van der Waals surface area contributed by atoms with Crippen molar-refractivity contribution in [3.8, 4) is 0 Å². The number of nitrogens with zero attached hydrogens (tertiary/aromatic N) is 3. The number of benzene rings is 1. The minimum atomic E-state index is -0.323. The van der Waals surface area contributed by atoms with Crippen LogP contribution in [0.15, 0.2) is 24.3 Å². The molecule has 0 unspecified atom stereocenters. The molecule has 1 aromatic rings. The van der Waals surface area contributed by atoms with Crippen molar-refractivity contribution < 1.29 is 14.0 Å². The van der Waals surface area contributed by atoms with Crippen LogP contribution < -0.4 is 5.32 Å². The first kappa shape index (κ1) is 21.7. The van der Waals surface area contributed by atoms with Crippen molar-refractivity contribution in [2.75, 3.05) is 51.1 Å². The molecule has 0 aliphatic carbocycles. The quantitative estimate of drug-likeness (QED) is 0.818. The molecule has 0 saturated carbocycles. The molecule has 0 spiro atoms. The van der Waals surface area contributed by atoms with Crippen molar-refractivity contribution in [3.63, 3.8) is 0 Å². The van der Waals surface area contributed by atoms with Crippen LogP contribution in [0, 0.1) is 17.7 Å². The Morgan fingerprint density at radius 3 is 2.24 bits per heavy atom. The molecular weight excluding hydrogens is 371 g/mol. The second-order valence-corrected chi connectivity index (χ2v) is 8.73. The summed E-state index contributed by atoms with van der Waals surface area (Å²) < 4.78 is 13.0. The summed E-state index contributed by atoms with van der Waals surface area (Å²) in [4.78, 5) is 31.5. The zero-order valence-electron chi connectivity index (χ0n) is 17.7. The van der Waals surface area contributed by atoms with Crippen molar-refractivity contribution in [2.24, 2.45) is 11.8 Å². The molecule has 1 aromatic carbocycles. The van der Waals surface area contributed by atoms with Crippen LogP contribution in [0.3, 0.4) is 0 Å². The first-order chi connectivity index (χ1) is 13.8. The average Bonchev–Trinajstić information content (AvgIpc) is 2.68. The van der Waals surface area contributed by atoms with Gasteiger partial charge in [-0.3, -0.25) is 19.4 Å². The Bertz CT molecular complexity index is 693. The molecule has 2 aliphatic rings. The number of carbonyl (C=O) groups excluding carboxylic acids is 2. The van der Waals surface area contributed by atoms with E-state index in [0.29, 0.717) is 24.1 Å². The van der Waals surface area contributed by atoms with Crippen LogP contribution in [0.4, 0.5) is 10.1 Å². The van der Waals surface area contributed by atoms with Crippen LogP contribution in [0.1, 0.15) is 27.2 Å². The fourth-order valence-electron chi connectivity index (χ4n) is 4.51. The summed E-state index contributed by atoms with van der Waals surface area (Å²) in [6.45, 7) is 11.5. The number of halogens is 1. The molecule has 0 aromatic heterocycles. The Kier molecular flexibility index (Phi) is 7.24. The number of amides is 2. The van der Waals surface area contributed by atoms with E-state index in [4.69, 9.17) is 0 Å². The Morgan fingerprint density at radius 1 is 1.07 bits per heavy atom. The maximum absolute atomic E-state index is 13.0. The predicted octanol–water partition coefficient (Wildman–Crippen LogP) is 2.27. The molecule has 0 radical (unpaired) electrons. The molecule has 3 atom stereocenters. The van der Waals surface area contributed by atoms with Gasteiger partial charge in [0.15, 0.2) is 0 Å². The van der Waals surface area contributed by atoms with E-state index in [1.807, 2.05) is 11.8 Å². The molecule has 2 fully saturated rings. The van der Waals surface area contributed by atoms with Crippen LogP contribution in [-0.4, -0.2) is 78.4 Å². The van der Waals surface area contributed by atoms with E-state index in [1.54, 1.807) is 12.1 Å². The minimum absolute atomic E-state index is 0.106. The SMILES string of the molecule is C[C@@H]1C[C@@H](C)CN(C(=O)[C@@H](C)N2CCN(CC(=O)Nc3ccc(F)cc3)CC2)C1. The van der Waals surface area contributed by atoms with Gasteiger partial charge in [-0.25, -0.2) is 4.39 Å². The number of nitrogens with one attached hydrogen (secondary N) is 1. The van der Waals surface area contributed by atoms with Gasteiger partial charge in [-0.15, -0.1) is 0 Å². The number of likely N-dealkylation sites (tertiary alicyclic amines) is 1. The molecule has 2 heterocycles. The summed E-state index contributed by atoms with van der Waals surface area (Å²) >= 11 is 0. The lowest BCUT2D eigenvalue weighted by atomic mass is 9.91. The van der Waals surface area contributed by atoms with Crippen molar-refractivity contribution in [3.05, 3.63) is 30.1 Å². The number of rotatable bonds is 5. The van der Waals surface area contributed by atoms with Crippen LogP contribution in [0.5, 0.6) is 0 Å². The van der Waals surface area contributed by atoms with Gasteiger partial charge >= 0.3 is 0 Å². The standard InChI is InChI=1S/C22H33FN4O2/c1-16-12-17(2)14-27(13-16)22(29)18(3)26-10-8-25(9-11-26)15-21(28)24-20-6-4-19(23)5-7-20/h4-7,16-18H,8-15H2,1-3H3,(H,24,28)/t16-,17-,18-/m1/s1. The largest absolute Gasteiger partial charge is 0.341 e. The Morgan fingerprint density at radius 2 is 1.66 bits per heavy atom. The second kappa shape index (κ2) is 9.67. The number of hydrogen-bond donors (Lipinski definition) is 1. The molecule has 3 rings (SSSR count). The fraction of sp³-hybridized carbons (Fsp3) is 0.636. The fourth-order valence-corrected chi connectivity index (χ4v) is 4.51. The number of carbonyl (C=O) groups is 2. The summed E-state index contributed by atoms with van der Waals surface area (Å²) in [6, 6.07) is 5.65. The molecule has 1 N–H and O–H groups in total. The van der Waals surface area contributed by atoms with E-state index in [2.05, 4.69) is 29.0 Å². The third kappa shape index (κ3) is 6.00. The van der Waals surface area contributed by atoms with E-state index in [1.165, 1.54) is 18.6 Å². The first-order valence-corrected chi connectivity index (χ1v) is 10.6. The number of piperidine rings is 1. The molecule has 7 heteroatoms. The second-order valence-electron chi connectivity index (χ2n) is 8.73. The van der Waals surface area contributed by atoms with E-state index < -0.39 is 0 Å². The van der Waals surface area contributed by atoms with Gasteiger partial charge in [0.1, 0.15) is 5.82 Å². The first-order valence-electron chi connectivity index (χ1n) is 10.6. The van der Waals surface area contributed by atoms with Gasteiger partial charge in [-0.05, 0) is 49.4 Å². The lowest BCUT2D eigenvalue weighted by molar-refractivity contribution is -0.140. The summed E-state index contributed by atoms with van der Waals surface area (Å²) in [6.07, 6.45) is 1.19.